The van der Waals surface area contributed by atoms with Gasteiger partial charge in [0.25, 0.3) is 5.91 Å². The van der Waals surface area contributed by atoms with Gasteiger partial charge in [-0.05, 0) is 49.2 Å². The minimum atomic E-state index is -0.437. The number of carbonyl (C=O) groups is 2. The summed E-state index contributed by atoms with van der Waals surface area (Å²) in [5.41, 5.74) is 4.26. The van der Waals surface area contributed by atoms with Gasteiger partial charge < -0.3 is 19.4 Å². The number of amides is 1. The van der Waals surface area contributed by atoms with Gasteiger partial charge in [-0.2, -0.15) is 0 Å². The van der Waals surface area contributed by atoms with Crippen molar-refractivity contribution in [3.63, 3.8) is 0 Å². The van der Waals surface area contributed by atoms with E-state index in [4.69, 9.17) is 9.15 Å². The number of methoxy groups -OCH3 is 1. The smallest absolute Gasteiger partial charge is 0.341 e. The number of carbonyl (C=O) groups excluding carboxylic acids is 2. The van der Waals surface area contributed by atoms with Crippen LogP contribution in [0.15, 0.2) is 64.1 Å². The Labute approximate surface area is 185 Å². The summed E-state index contributed by atoms with van der Waals surface area (Å²) in [5, 5.41) is 3.03. The fraction of sp³-hybridized carbons (Fsp3) is 0.250. The van der Waals surface area contributed by atoms with Crippen LogP contribution < -0.4 is 10.2 Å². The Morgan fingerprint density at radius 3 is 2.81 bits per heavy atom. The summed E-state index contributed by atoms with van der Waals surface area (Å²) in [6.45, 7) is 4.10. The molecule has 3 aromatic rings. The number of fused-ring (bicyclic) bond motifs is 1. The average molecular weight is 437 g/mol. The van der Waals surface area contributed by atoms with E-state index >= 15 is 0 Å². The fourth-order valence-electron chi connectivity index (χ4n) is 3.72. The third-order valence-corrected chi connectivity index (χ3v) is 6.43. The number of rotatable bonds is 7. The lowest BCUT2D eigenvalue weighted by atomic mass is 10.1. The lowest BCUT2D eigenvalue weighted by Gasteiger charge is -2.17. The van der Waals surface area contributed by atoms with Gasteiger partial charge in [-0.3, -0.25) is 4.79 Å². The highest BCUT2D eigenvalue weighted by atomic mass is 32.2. The first-order valence-corrected chi connectivity index (χ1v) is 11.1. The Balaban J connectivity index is 1.49. The van der Waals surface area contributed by atoms with E-state index in [2.05, 4.69) is 23.2 Å². The third kappa shape index (κ3) is 4.46. The highest BCUT2D eigenvalue weighted by molar-refractivity contribution is 7.98. The highest BCUT2D eigenvalue weighted by Gasteiger charge is 2.20. The van der Waals surface area contributed by atoms with Crippen LogP contribution in [0.4, 0.5) is 11.4 Å². The van der Waals surface area contributed by atoms with Crippen molar-refractivity contribution in [3.05, 3.63) is 77.2 Å². The van der Waals surface area contributed by atoms with Gasteiger partial charge >= 0.3 is 5.97 Å². The van der Waals surface area contributed by atoms with Crippen molar-refractivity contribution in [1.82, 2.24) is 0 Å². The molecule has 2 aromatic carbocycles. The zero-order chi connectivity index (χ0) is 21.8. The SMILES string of the molecule is CCN1CCc2ccc(NC(=O)c3ccccc3SCc3occc3C(=O)OC)cc21. The molecule has 160 valence electrons. The van der Waals surface area contributed by atoms with Crippen molar-refractivity contribution in [3.8, 4) is 0 Å². The van der Waals surface area contributed by atoms with Crippen LogP contribution in [0.2, 0.25) is 0 Å². The normalized spacial score (nSPS) is 12.5. The Morgan fingerprint density at radius 1 is 1.16 bits per heavy atom. The zero-order valence-corrected chi connectivity index (χ0v) is 18.3. The monoisotopic (exact) mass is 436 g/mol. The molecule has 0 aliphatic carbocycles. The van der Waals surface area contributed by atoms with Gasteiger partial charge in [-0.1, -0.05) is 18.2 Å². The molecule has 7 heteroatoms. The average Bonchev–Trinajstić information content (AvgIpc) is 3.43. The number of furan rings is 1. The molecule has 1 N–H and O–H groups in total. The number of hydrogen-bond acceptors (Lipinski definition) is 6. The van der Waals surface area contributed by atoms with Crippen LogP contribution in [0.3, 0.4) is 0 Å². The molecular formula is C24H24N2O4S. The molecular weight excluding hydrogens is 412 g/mol. The molecule has 0 atom stereocenters. The minimum absolute atomic E-state index is 0.170. The van der Waals surface area contributed by atoms with Crippen molar-refractivity contribution in [2.75, 3.05) is 30.4 Å². The second-order valence-electron chi connectivity index (χ2n) is 7.16. The fourth-order valence-corrected chi connectivity index (χ4v) is 4.72. The molecule has 0 saturated heterocycles. The molecule has 0 spiro atoms. The van der Waals surface area contributed by atoms with E-state index in [1.165, 1.54) is 36.4 Å². The summed E-state index contributed by atoms with van der Waals surface area (Å²) < 4.78 is 10.2. The van der Waals surface area contributed by atoms with E-state index in [0.717, 1.165) is 30.1 Å². The molecule has 1 aliphatic rings. The Hall–Kier alpha value is -3.19. The van der Waals surface area contributed by atoms with E-state index < -0.39 is 5.97 Å². The van der Waals surface area contributed by atoms with Crippen LogP contribution in [0.25, 0.3) is 0 Å². The number of esters is 1. The number of anilines is 2. The Morgan fingerprint density at radius 2 is 2.00 bits per heavy atom. The molecule has 4 rings (SSSR count). The summed E-state index contributed by atoms with van der Waals surface area (Å²) in [4.78, 5) is 28.0. The largest absolute Gasteiger partial charge is 0.468 e. The van der Waals surface area contributed by atoms with Crippen LogP contribution >= 0.6 is 11.8 Å². The summed E-state index contributed by atoms with van der Waals surface area (Å²) in [7, 11) is 1.34. The number of likely N-dealkylation sites (N-methyl/N-ethyl adjacent to an activating group) is 1. The molecule has 0 radical (unpaired) electrons. The van der Waals surface area contributed by atoms with Gasteiger partial charge in [0.1, 0.15) is 11.3 Å². The number of ether oxygens (including phenoxy) is 1. The summed E-state index contributed by atoms with van der Waals surface area (Å²) in [5.74, 6) is 0.321. The van der Waals surface area contributed by atoms with E-state index in [0.29, 0.717) is 22.6 Å². The highest BCUT2D eigenvalue weighted by Crippen LogP contribution is 2.32. The van der Waals surface area contributed by atoms with Crippen molar-refractivity contribution in [1.29, 1.82) is 0 Å². The summed E-state index contributed by atoms with van der Waals surface area (Å²) in [6.07, 6.45) is 2.51. The van der Waals surface area contributed by atoms with Crippen LogP contribution in [-0.2, 0) is 16.9 Å². The summed E-state index contributed by atoms with van der Waals surface area (Å²) >= 11 is 1.44. The first kappa shape index (κ1) is 21.1. The van der Waals surface area contributed by atoms with Gasteiger partial charge in [0, 0.05) is 29.4 Å². The maximum absolute atomic E-state index is 13.0. The number of hydrogen-bond donors (Lipinski definition) is 1. The molecule has 0 bridgehead atoms. The maximum Gasteiger partial charge on any atom is 0.341 e. The van der Waals surface area contributed by atoms with E-state index in [9.17, 15) is 9.59 Å². The number of thioether (sulfide) groups is 1. The quantitative estimate of drug-likeness (QED) is 0.415. The lowest BCUT2D eigenvalue weighted by Crippen LogP contribution is -2.19. The molecule has 1 aromatic heterocycles. The van der Waals surface area contributed by atoms with E-state index in [-0.39, 0.29) is 5.91 Å². The van der Waals surface area contributed by atoms with Crippen molar-refractivity contribution in [2.24, 2.45) is 0 Å². The van der Waals surface area contributed by atoms with Crippen molar-refractivity contribution < 1.29 is 18.7 Å². The zero-order valence-electron chi connectivity index (χ0n) is 17.5. The molecule has 2 heterocycles. The molecule has 6 nitrogen and oxygen atoms in total. The third-order valence-electron chi connectivity index (χ3n) is 5.36. The number of nitrogens with one attached hydrogen (secondary N) is 1. The van der Waals surface area contributed by atoms with E-state index in [1.54, 1.807) is 12.1 Å². The second-order valence-corrected chi connectivity index (χ2v) is 8.18. The predicted molar refractivity (Wildman–Crippen MR) is 122 cm³/mol. The van der Waals surface area contributed by atoms with Crippen LogP contribution in [0, 0.1) is 0 Å². The first-order valence-electron chi connectivity index (χ1n) is 10.2. The van der Waals surface area contributed by atoms with Gasteiger partial charge in [-0.25, -0.2) is 4.79 Å². The molecule has 1 aliphatic heterocycles. The van der Waals surface area contributed by atoms with Crippen LogP contribution in [0.5, 0.6) is 0 Å². The van der Waals surface area contributed by atoms with Crippen molar-refractivity contribution in [2.45, 2.75) is 24.0 Å². The Kier molecular flexibility index (Phi) is 6.32. The first-order chi connectivity index (χ1) is 15.1. The molecule has 1 amide bonds. The van der Waals surface area contributed by atoms with Gasteiger partial charge in [-0.15, -0.1) is 11.8 Å². The lowest BCUT2D eigenvalue weighted by molar-refractivity contribution is 0.0598. The van der Waals surface area contributed by atoms with Crippen LogP contribution in [0.1, 0.15) is 39.0 Å². The second kappa shape index (κ2) is 9.31. The summed E-state index contributed by atoms with van der Waals surface area (Å²) in [6, 6.07) is 15.1. The Bertz CT molecular complexity index is 1110. The number of nitrogens with zero attached hydrogens (tertiary/aromatic N) is 1. The molecule has 0 unspecified atom stereocenters. The van der Waals surface area contributed by atoms with Crippen molar-refractivity contribution >= 4 is 35.0 Å². The molecule has 31 heavy (non-hydrogen) atoms. The minimum Gasteiger partial charge on any atom is -0.468 e. The molecule has 0 fully saturated rings. The maximum atomic E-state index is 13.0. The van der Waals surface area contributed by atoms with Gasteiger partial charge in [0.05, 0.1) is 24.7 Å². The van der Waals surface area contributed by atoms with Gasteiger partial charge in [0.2, 0.25) is 0 Å². The predicted octanol–water partition coefficient (Wildman–Crippen LogP) is 4.99. The molecule has 0 saturated carbocycles. The standard InChI is InChI=1S/C24H24N2O4S/c1-3-26-12-10-16-8-9-17(14-20(16)26)25-23(27)19-6-4-5-7-22(19)31-15-21-18(11-13-30-21)24(28)29-2/h4-9,11,13-14H,3,10,12,15H2,1-2H3,(H,25,27). The topological polar surface area (TPSA) is 71.8 Å². The van der Waals surface area contributed by atoms with Crippen LogP contribution in [-0.4, -0.2) is 32.1 Å². The van der Waals surface area contributed by atoms with E-state index in [1.807, 2.05) is 30.3 Å². The number of benzene rings is 2. The van der Waals surface area contributed by atoms with Gasteiger partial charge in [0.15, 0.2) is 0 Å².